The molecule has 0 unspecified atom stereocenters. The molecule has 0 spiro atoms. The number of ether oxygens (including phenoxy) is 1. The zero-order valence-electron chi connectivity index (χ0n) is 9.53. The predicted octanol–water partition coefficient (Wildman–Crippen LogP) is 2.60. The second kappa shape index (κ2) is 18.9. The molecule has 0 saturated heterocycles. The number of hydrogen-bond acceptors (Lipinski definition) is 3. The summed E-state index contributed by atoms with van der Waals surface area (Å²) in [6.07, 6.45) is 9.13. The SMILES string of the molecule is C=COC=C.OCCCCCCCCO. The minimum absolute atomic E-state index is 0.319. The van der Waals surface area contributed by atoms with E-state index in [9.17, 15) is 0 Å². The Morgan fingerprint density at radius 2 is 1.07 bits per heavy atom. The Bertz CT molecular complexity index is 110. The van der Waals surface area contributed by atoms with Crippen molar-refractivity contribution in [1.29, 1.82) is 0 Å². The number of unbranched alkanes of at least 4 members (excludes halogenated alkanes) is 5. The third-order valence-electron chi connectivity index (χ3n) is 1.76. The van der Waals surface area contributed by atoms with Crippen LogP contribution in [0.1, 0.15) is 38.5 Å². The molecule has 0 fully saturated rings. The molecule has 0 aliphatic rings. The first-order valence-electron chi connectivity index (χ1n) is 5.42. The Morgan fingerprint density at radius 3 is 1.27 bits per heavy atom. The molecule has 90 valence electrons. The molecular weight excluding hydrogens is 192 g/mol. The van der Waals surface area contributed by atoms with E-state index in [0.29, 0.717) is 13.2 Å². The highest BCUT2D eigenvalue weighted by Gasteiger charge is 1.88. The van der Waals surface area contributed by atoms with Crippen LogP contribution in [0.25, 0.3) is 0 Å². The number of hydrogen-bond donors (Lipinski definition) is 2. The van der Waals surface area contributed by atoms with E-state index in [1.807, 2.05) is 0 Å². The van der Waals surface area contributed by atoms with E-state index in [1.54, 1.807) is 0 Å². The molecule has 0 atom stereocenters. The van der Waals surface area contributed by atoms with Crippen LogP contribution < -0.4 is 0 Å². The molecule has 0 bridgehead atoms. The van der Waals surface area contributed by atoms with E-state index in [2.05, 4.69) is 17.9 Å². The zero-order chi connectivity index (χ0) is 11.8. The topological polar surface area (TPSA) is 49.7 Å². The molecule has 0 heterocycles. The van der Waals surface area contributed by atoms with Crippen LogP contribution in [0.2, 0.25) is 0 Å². The predicted molar refractivity (Wildman–Crippen MR) is 63.4 cm³/mol. The fourth-order valence-corrected chi connectivity index (χ4v) is 0.999. The van der Waals surface area contributed by atoms with Crippen LogP contribution in [0.15, 0.2) is 25.7 Å². The van der Waals surface area contributed by atoms with Gasteiger partial charge in [0.25, 0.3) is 0 Å². The van der Waals surface area contributed by atoms with Gasteiger partial charge in [-0.05, 0) is 12.8 Å². The molecule has 0 aromatic heterocycles. The van der Waals surface area contributed by atoms with Gasteiger partial charge in [-0.3, -0.25) is 0 Å². The molecule has 0 amide bonds. The normalized spacial score (nSPS) is 8.67. The number of aliphatic hydroxyl groups is 2. The van der Waals surface area contributed by atoms with Crippen molar-refractivity contribution in [3.05, 3.63) is 25.7 Å². The van der Waals surface area contributed by atoms with Gasteiger partial charge in [0.2, 0.25) is 0 Å². The molecule has 3 nitrogen and oxygen atoms in total. The maximum atomic E-state index is 8.43. The van der Waals surface area contributed by atoms with Crippen molar-refractivity contribution in [1.82, 2.24) is 0 Å². The lowest BCUT2D eigenvalue weighted by molar-refractivity contribution is 0.275. The summed E-state index contributed by atoms with van der Waals surface area (Å²) >= 11 is 0. The Labute approximate surface area is 93.1 Å². The van der Waals surface area contributed by atoms with Crippen LogP contribution in [0.5, 0.6) is 0 Å². The largest absolute Gasteiger partial charge is 0.474 e. The van der Waals surface area contributed by atoms with Crippen LogP contribution in [-0.2, 0) is 4.74 Å². The number of aliphatic hydroxyl groups excluding tert-OH is 2. The van der Waals surface area contributed by atoms with Gasteiger partial charge in [-0.1, -0.05) is 38.8 Å². The lowest BCUT2D eigenvalue weighted by Crippen LogP contribution is -1.85. The maximum Gasteiger partial charge on any atom is 0.0829 e. The van der Waals surface area contributed by atoms with Crippen molar-refractivity contribution in [2.24, 2.45) is 0 Å². The van der Waals surface area contributed by atoms with Crippen molar-refractivity contribution < 1.29 is 14.9 Å². The first-order valence-corrected chi connectivity index (χ1v) is 5.42. The third kappa shape index (κ3) is 24.6. The van der Waals surface area contributed by atoms with Crippen molar-refractivity contribution in [2.75, 3.05) is 13.2 Å². The van der Waals surface area contributed by atoms with Crippen molar-refractivity contribution in [3.8, 4) is 0 Å². The zero-order valence-corrected chi connectivity index (χ0v) is 9.53. The Balaban J connectivity index is 0. The van der Waals surface area contributed by atoms with Gasteiger partial charge >= 0.3 is 0 Å². The maximum absolute atomic E-state index is 8.43. The monoisotopic (exact) mass is 216 g/mol. The molecular formula is C12H24O3. The van der Waals surface area contributed by atoms with Crippen LogP contribution in [-0.4, -0.2) is 23.4 Å². The van der Waals surface area contributed by atoms with Crippen LogP contribution in [0, 0.1) is 0 Å². The van der Waals surface area contributed by atoms with Gasteiger partial charge < -0.3 is 14.9 Å². The van der Waals surface area contributed by atoms with E-state index in [0.717, 1.165) is 25.7 Å². The van der Waals surface area contributed by atoms with Gasteiger partial charge in [0.05, 0.1) is 12.5 Å². The molecule has 0 aliphatic heterocycles. The highest BCUT2D eigenvalue weighted by molar-refractivity contribution is 4.57. The third-order valence-corrected chi connectivity index (χ3v) is 1.76. The first-order chi connectivity index (χ1) is 7.33. The van der Waals surface area contributed by atoms with Gasteiger partial charge in [-0.15, -0.1) is 0 Å². The summed E-state index contributed by atoms with van der Waals surface area (Å²) in [4.78, 5) is 0. The molecule has 0 aliphatic carbocycles. The standard InChI is InChI=1S/C8H18O2.C4H6O/c9-7-5-3-1-2-4-6-8-10;1-3-5-4-2/h9-10H,1-8H2;3-4H,1-2H2. The summed E-state index contributed by atoms with van der Waals surface area (Å²) in [5, 5.41) is 16.9. The number of rotatable bonds is 9. The summed E-state index contributed by atoms with van der Waals surface area (Å²) in [5.41, 5.74) is 0. The lowest BCUT2D eigenvalue weighted by Gasteiger charge is -1.97. The summed E-state index contributed by atoms with van der Waals surface area (Å²) in [5.74, 6) is 0. The molecule has 0 aromatic carbocycles. The minimum Gasteiger partial charge on any atom is -0.474 e. The van der Waals surface area contributed by atoms with E-state index in [-0.39, 0.29) is 0 Å². The molecule has 3 heteroatoms. The summed E-state index contributed by atoms with van der Waals surface area (Å²) in [7, 11) is 0. The van der Waals surface area contributed by atoms with Crippen LogP contribution in [0.3, 0.4) is 0 Å². The van der Waals surface area contributed by atoms with Gasteiger partial charge in [0.15, 0.2) is 0 Å². The molecule has 15 heavy (non-hydrogen) atoms. The van der Waals surface area contributed by atoms with E-state index >= 15 is 0 Å². The average molecular weight is 216 g/mol. The smallest absolute Gasteiger partial charge is 0.0829 e. The van der Waals surface area contributed by atoms with Gasteiger partial charge in [0, 0.05) is 13.2 Å². The molecule has 0 rings (SSSR count). The van der Waals surface area contributed by atoms with E-state index in [4.69, 9.17) is 10.2 Å². The van der Waals surface area contributed by atoms with Crippen molar-refractivity contribution in [2.45, 2.75) is 38.5 Å². The van der Waals surface area contributed by atoms with Gasteiger partial charge in [0.1, 0.15) is 0 Å². The Kier molecular flexibility index (Phi) is 20.9. The molecule has 0 saturated carbocycles. The summed E-state index contributed by atoms with van der Waals surface area (Å²) < 4.78 is 4.36. The first kappa shape index (κ1) is 16.6. The Morgan fingerprint density at radius 1 is 0.733 bits per heavy atom. The average Bonchev–Trinajstić information content (AvgIpc) is 2.25. The molecule has 0 radical (unpaired) electrons. The lowest BCUT2D eigenvalue weighted by atomic mass is 10.1. The van der Waals surface area contributed by atoms with Crippen molar-refractivity contribution in [3.63, 3.8) is 0 Å². The quantitative estimate of drug-likeness (QED) is 0.460. The van der Waals surface area contributed by atoms with Crippen LogP contribution >= 0.6 is 0 Å². The summed E-state index contributed by atoms with van der Waals surface area (Å²) in [6.45, 7) is 7.15. The van der Waals surface area contributed by atoms with E-state index < -0.39 is 0 Å². The van der Waals surface area contributed by atoms with Crippen molar-refractivity contribution >= 4 is 0 Å². The molecule has 2 N–H and O–H groups in total. The van der Waals surface area contributed by atoms with Crippen LogP contribution in [0.4, 0.5) is 0 Å². The van der Waals surface area contributed by atoms with Gasteiger partial charge in [-0.2, -0.15) is 0 Å². The Hall–Kier alpha value is -0.800. The van der Waals surface area contributed by atoms with Gasteiger partial charge in [-0.25, -0.2) is 0 Å². The minimum atomic E-state index is 0.319. The van der Waals surface area contributed by atoms with E-state index in [1.165, 1.54) is 25.4 Å². The summed E-state index contributed by atoms with van der Waals surface area (Å²) in [6, 6.07) is 0. The fraction of sp³-hybridized carbons (Fsp3) is 0.667. The molecule has 0 aromatic rings. The highest BCUT2D eigenvalue weighted by atomic mass is 16.5. The fourth-order valence-electron chi connectivity index (χ4n) is 0.999. The highest BCUT2D eigenvalue weighted by Crippen LogP contribution is 2.03. The second-order valence-electron chi connectivity index (χ2n) is 3.04. The second-order valence-corrected chi connectivity index (χ2v) is 3.04.